The summed E-state index contributed by atoms with van der Waals surface area (Å²) in [6.07, 6.45) is -0.0532. The first-order valence-electron chi connectivity index (χ1n) is 8.98. The zero-order valence-corrected chi connectivity index (χ0v) is 21.2. The number of β-lactam (4-membered cyclic amide) rings is 1. The van der Waals surface area contributed by atoms with Crippen molar-refractivity contribution in [1.82, 2.24) is 4.90 Å². The van der Waals surface area contributed by atoms with Gasteiger partial charge in [0.05, 0.1) is 22.2 Å². The van der Waals surface area contributed by atoms with Crippen molar-refractivity contribution in [1.29, 1.82) is 0 Å². The van der Waals surface area contributed by atoms with E-state index in [1.807, 2.05) is 0 Å². The fraction of sp³-hybridized carbons (Fsp3) is 0.737. The number of rotatable bonds is 7. The Labute approximate surface area is 215 Å². The maximum atomic E-state index is 12.6. The fourth-order valence-electron chi connectivity index (χ4n) is 3.08. The molecule has 0 aromatic rings. The molecule has 188 valence electrons. The molecule has 32 heavy (non-hydrogen) atoms. The van der Waals surface area contributed by atoms with Crippen LogP contribution in [-0.2, 0) is 34.7 Å². The smallest absolute Gasteiger partial charge is 0.359 e. The molecule has 8 nitrogen and oxygen atoms in total. The Bertz CT molecular complexity index is 744. The van der Waals surface area contributed by atoms with E-state index in [2.05, 4.69) is 0 Å². The van der Waals surface area contributed by atoms with E-state index >= 15 is 0 Å². The second kappa shape index (κ2) is 14.1. The van der Waals surface area contributed by atoms with Crippen molar-refractivity contribution < 1.29 is 33.2 Å². The van der Waals surface area contributed by atoms with Crippen LogP contribution in [0.1, 0.15) is 42.0 Å². The van der Waals surface area contributed by atoms with Gasteiger partial charge in [0.15, 0.2) is 5.70 Å². The van der Waals surface area contributed by atoms with Crippen LogP contribution >= 0.6 is 50.5 Å². The number of esters is 2. The quantitative estimate of drug-likeness (QED) is 0.291. The Morgan fingerprint density at radius 3 is 2.38 bits per heavy atom. The van der Waals surface area contributed by atoms with Crippen LogP contribution in [0.4, 0.5) is 0 Å². The normalized spacial score (nSPS) is 26.5. The molecule has 0 radical (unpaired) electrons. The lowest BCUT2D eigenvalue weighted by Crippen LogP contribution is -2.60. The summed E-state index contributed by atoms with van der Waals surface area (Å²) >= 11 is 2.78. The van der Waals surface area contributed by atoms with Gasteiger partial charge >= 0.3 is 11.9 Å². The van der Waals surface area contributed by atoms with Crippen molar-refractivity contribution in [2.75, 3.05) is 18.3 Å². The van der Waals surface area contributed by atoms with Gasteiger partial charge in [-0.2, -0.15) is 27.0 Å². The second-order valence-corrected chi connectivity index (χ2v) is 11.4. The molecule has 2 fully saturated rings. The van der Waals surface area contributed by atoms with E-state index in [1.165, 1.54) is 28.4 Å². The van der Waals surface area contributed by atoms with Gasteiger partial charge in [0.25, 0.3) is 0 Å². The third-order valence-corrected chi connectivity index (χ3v) is 9.18. The highest BCUT2D eigenvalue weighted by Gasteiger charge is 2.58. The zero-order valence-electron chi connectivity index (χ0n) is 16.8. The number of thioether (sulfide) groups is 2. The van der Waals surface area contributed by atoms with E-state index in [9.17, 15) is 23.7 Å². The van der Waals surface area contributed by atoms with Gasteiger partial charge in [0.1, 0.15) is 5.37 Å². The van der Waals surface area contributed by atoms with Gasteiger partial charge in [-0.25, -0.2) is 4.79 Å². The summed E-state index contributed by atoms with van der Waals surface area (Å²) in [5.41, 5.74) is 0.125. The van der Waals surface area contributed by atoms with Crippen LogP contribution in [0.2, 0.25) is 0 Å². The SMILES string of the molecule is C.C.CC(C)C(=O)OCOC(=O)C1=C(S[C@H]2CC[S@@](=O)C2)S[C@@H]2[C@@H]([C@@H](C)O)C(=O)N12.S.S. The van der Waals surface area contributed by atoms with Gasteiger partial charge in [-0.15, -0.1) is 11.8 Å². The van der Waals surface area contributed by atoms with Crippen LogP contribution in [0.5, 0.6) is 0 Å². The van der Waals surface area contributed by atoms with E-state index < -0.39 is 41.6 Å². The van der Waals surface area contributed by atoms with Crippen molar-refractivity contribution in [2.45, 2.75) is 58.8 Å². The van der Waals surface area contributed by atoms with E-state index in [4.69, 9.17) is 9.47 Å². The molecule has 3 aliphatic rings. The summed E-state index contributed by atoms with van der Waals surface area (Å²) in [5, 5.41) is 9.62. The fourth-order valence-corrected chi connectivity index (χ4v) is 8.33. The Morgan fingerprint density at radius 1 is 1.25 bits per heavy atom. The van der Waals surface area contributed by atoms with Gasteiger partial charge in [-0.1, -0.05) is 40.5 Å². The van der Waals surface area contributed by atoms with Crippen molar-refractivity contribution in [3.8, 4) is 0 Å². The number of hydrogen-bond acceptors (Lipinski definition) is 9. The first-order chi connectivity index (χ1) is 13.2. The highest BCUT2D eigenvalue weighted by molar-refractivity contribution is 8.23. The Morgan fingerprint density at radius 2 is 1.88 bits per heavy atom. The van der Waals surface area contributed by atoms with Gasteiger partial charge in [0, 0.05) is 27.6 Å². The first kappa shape index (κ1) is 33.8. The molecule has 0 saturated carbocycles. The predicted octanol–water partition coefficient (Wildman–Crippen LogP) is 2.52. The maximum Gasteiger partial charge on any atom is 0.359 e. The zero-order chi connectivity index (χ0) is 20.6. The standard InChI is InChI=1S/C17H23NO7S3.2CH4.2H2S/c1-8(2)15(21)24-7-25-16(22)12-17(26-10-4-5-28(23)6-10)27-14-11(9(3)19)13(20)18(12)14;;;;/h8-11,14,19H,4-7H2,1-3H3;2*1H4;2*1H2/t9-,10+,11+,14-,28-;;;;/m1..../s1. The molecule has 1 amide bonds. The lowest BCUT2D eigenvalue weighted by atomic mass is 9.92. The first-order valence-corrected chi connectivity index (χ1v) is 12.2. The Hall–Kier alpha value is -0.340. The average molecular weight is 550 g/mol. The van der Waals surface area contributed by atoms with Gasteiger partial charge in [-0.05, 0) is 13.3 Å². The molecule has 1 N–H and O–H groups in total. The molecule has 3 heterocycles. The second-order valence-electron chi connectivity index (χ2n) is 7.13. The minimum atomic E-state index is -0.860. The van der Waals surface area contributed by atoms with Crippen LogP contribution in [-0.4, -0.2) is 67.1 Å². The minimum Gasteiger partial charge on any atom is -0.428 e. The number of ether oxygens (including phenoxy) is 2. The number of carbonyl (C=O) groups is 3. The topological polar surface area (TPSA) is 110 Å². The number of fused-ring (bicyclic) bond motifs is 1. The van der Waals surface area contributed by atoms with Crippen molar-refractivity contribution in [3.63, 3.8) is 0 Å². The summed E-state index contributed by atoms with van der Waals surface area (Å²) in [6.45, 7) is 4.36. The number of hydrogen-bond donors (Lipinski definition) is 1. The lowest BCUT2D eigenvalue weighted by molar-refractivity contribution is -0.171. The molecule has 0 bridgehead atoms. The third kappa shape index (κ3) is 7.08. The van der Waals surface area contributed by atoms with Crippen LogP contribution in [0, 0.1) is 11.8 Å². The van der Waals surface area contributed by atoms with Crippen molar-refractivity contribution >= 4 is 79.2 Å². The van der Waals surface area contributed by atoms with Crippen molar-refractivity contribution in [2.24, 2.45) is 11.8 Å². The Balaban J connectivity index is 0. The molecule has 0 aliphatic carbocycles. The lowest BCUT2D eigenvalue weighted by Gasteiger charge is -2.43. The molecular weight excluding hydrogens is 515 g/mol. The molecule has 13 heteroatoms. The number of carbonyl (C=O) groups excluding carboxylic acids is 3. The van der Waals surface area contributed by atoms with E-state index in [0.29, 0.717) is 15.7 Å². The maximum absolute atomic E-state index is 12.6. The predicted molar refractivity (Wildman–Crippen MR) is 140 cm³/mol. The molecule has 0 unspecified atom stereocenters. The highest BCUT2D eigenvalue weighted by atomic mass is 32.2. The van der Waals surface area contributed by atoms with E-state index in [0.717, 1.165) is 6.42 Å². The molecule has 0 spiro atoms. The van der Waals surface area contributed by atoms with Crippen LogP contribution in [0.3, 0.4) is 0 Å². The van der Waals surface area contributed by atoms with Crippen molar-refractivity contribution in [3.05, 3.63) is 9.93 Å². The average Bonchev–Trinajstić information content (AvgIpc) is 3.15. The summed E-state index contributed by atoms with van der Waals surface area (Å²) in [6, 6.07) is 0. The third-order valence-electron chi connectivity index (χ3n) is 4.63. The van der Waals surface area contributed by atoms with Gasteiger partial charge in [-0.3, -0.25) is 18.7 Å². The molecule has 3 rings (SSSR count). The van der Waals surface area contributed by atoms with Crippen LogP contribution in [0.25, 0.3) is 0 Å². The highest BCUT2D eigenvalue weighted by Crippen LogP contribution is 2.55. The number of nitrogens with zero attached hydrogens (tertiary/aromatic N) is 1. The largest absolute Gasteiger partial charge is 0.428 e. The van der Waals surface area contributed by atoms with Gasteiger partial charge < -0.3 is 14.6 Å². The number of aliphatic hydroxyl groups is 1. The molecule has 3 aliphatic heterocycles. The molecule has 0 aromatic carbocycles. The summed E-state index contributed by atoms with van der Waals surface area (Å²) in [7, 11) is -0.860. The van der Waals surface area contributed by atoms with Crippen LogP contribution in [0.15, 0.2) is 9.93 Å². The monoisotopic (exact) mass is 549 g/mol. The minimum absolute atomic E-state index is 0. The molecule has 5 atom stereocenters. The van der Waals surface area contributed by atoms with Gasteiger partial charge in [0.2, 0.25) is 12.7 Å². The summed E-state index contributed by atoms with van der Waals surface area (Å²) in [5.74, 6) is -1.32. The van der Waals surface area contributed by atoms with E-state index in [-0.39, 0.29) is 70.0 Å². The molecular formula is C19H35NO7S5. The number of aliphatic hydroxyl groups excluding tert-OH is 1. The Kier molecular flexibility index (Phi) is 15.0. The summed E-state index contributed by atoms with van der Waals surface area (Å²) < 4.78 is 22.3. The summed E-state index contributed by atoms with van der Waals surface area (Å²) in [4.78, 5) is 38.0. The molecule has 2 saturated heterocycles. The van der Waals surface area contributed by atoms with Crippen LogP contribution < -0.4 is 0 Å². The van der Waals surface area contributed by atoms with E-state index in [1.54, 1.807) is 20.8 Å². The number of amides is 1. The molecule has 0 aromatic heterocycles.